The van der Waals surface area contributed by atoms with Crippen LogP contribution in [-0.4, -0.2) is 31.0 Å². The molecule has 100 valence electrons. The third-order valence-electron chi connectivity index (χ3n) is 3.26. The van der Waals surface area contributed by atoms with Crippen LogP contribution in [0, 0.1) is 0 Å². The molecule has 3 nitrogen and oxygen atoms in total. The van der Waals surface area contributed by atoms with Crippen molar-refractivity contribution in [3.63, 3.8) is 0 Å². The molecular weight excluding hydrogens is 252 g/mol. The van der Waals surface area contributed by atoms with Crippen molar-refractivity contribution in [2.75, 3.05) is 13.7 Å². The van der Waals surface area contributed by atoms with Gasteiger partial charge in [0.05, 0.1) is 19.3 Å². The van der Waals surface area contributed by atoms with Gasteiger partial charge >= 0.3 is 0 Å². The minimum absolute atomic E-state index is 0.199. The van der Waals surface area contributed by atoms with Gasteiger partial charge in [-0.25, -0.2) is 0 Å². The molecule has 0 radical (unpaired) electrons. The van der Waals surface area contributed by atoms with E-state index in [0.717, 1.165) is 30.8 Å². The second-order valence-electron chi connectivity index (χ2n) is 4.68. The van der Waals surface area contributed by atoms with Crippen LogP contribution in [-0.2, 0) is 11.2 Å². The zero-order chi connectivity index (χ0) is 13.0. The number of benzene rings is 1. The van der Waals surface area contributed by atoms with Gasteiger partial charge in [0, 0.05) is 18.1 Å². The highest BCUT2D eigenvalue weighted by Gasteiger charge is 2.20. The number of aliphatic hydroxyl groups excluding tert-OH is 1. The van der Waals surface area contributed by atoms with Crippen molar-refractivity contribution in [1.29, 1.82) is 0 Å². The molecule has 2 atom stereocenters. The van der Waals surface area contributed by atoms with Crippen LogP contribution < -0.4 is 4.74 Å². The molecule has 0 spiro atoms. The third-order valence-corrected chi connectivity index (χ3v) is 3.49. The lowest BCUT2D eigenvalue weighted by Crippen LogP contribution is -2.19. The molecule has 1 N–H and O–H groups in total. The molecule has 0 aliphatic carbocycles. The molecule has 0 aromatic heterocycles. The Kier molecular flexibility index (Phi) is 4.87. The van der Waals surface area contributed by atoms with E-state index in [-0.39, 0.29) is 6.10 Å². The quantitative estimate of drug-likeness (QED) is 0.894. The van der Waals surface area contributed by atoms with Crippen LogP contribution in [0.1, 0.15) is 24.8 Å². The topological polar surface area (TPSA) is 38.7 Å². The number of rotatable bonds is 5. The van der Waals surface area contributed by atoms with Gasteiger partial charge in [-0.1, -0.05) is 11.6 Å². The lowest BCUT2D eigenvalue weighted by atomic mass is 10.0. The normalized spacial score (nSPS) is 20.9. The second-order valence-corrected chi connectivity index (χ2v) is 5.12. The molecule has 0 saturated carbocycles. The highest BCUT2D eigenvalue weighted by molar-refractivity contribution is 6.30. The maximum atomic E-state index is 10.1. The Balaban J connectivity index is 1.96. The molecule has 18 heavy (non-hydrogen) atoms. The van der Waals surface area contributed by atoms with E-state index in [9.17, 15) is 5.11 Å². The van der Waals surface area contributed by atoms with Crippen LogP contribution in [0.25, 0.3) is 0 Å². The zero-order valence-electron chi connectivity index (χ0n) is 10.6. The van der Waals surface area contributed by atoms with Gasteiger partial charge in [-0.2, -0.15) is 0 Å². The van der Waals surface area contributed by atoms with Crippen molar-refractivity contribution < 1.29 is 14.6 Å². The smallest absolute Gasteiger partial charge is 0.122 e. The Bertz CT molecular complexity index is 389. The van der Waals surface area contributed by atoms with Gasteiger partial charge in [-0.05, 0) is 43.0 Å². The monoisotopic (exact) mass is 270 g/mol. The maximum absolute atomic E-state index is 10.1. The van der Waals surface area contributed by atoms with Crippen molar-refractivity contribution in [3.05, 3.63) is 28.8 Å². The lowest BCUT2D eigenvalue weighted by Gasteiger charge is -2.17. The first-order valence-corrected chi connectivity index (χ1v) is 6.69. The van der Waals surface area contributed by atoms with Gasteiger partial charge in [-0.15, -0.1) is 0 Å². The zero-order valence-corrected chi connectivity index (χ0v) is 11.3. The first-order chi connectivity index (χ1) is 8.69. The number of ether oxygens (including phenoxy) is 2. The lowest BCUT2D eigenvalue weighted by molar-refractivity contribution is 0.0539. The molecule has 1 saturated heterocycles. The maximum Gasteiger partial charge on any atom is 0.122 e. The molecule has 0 bridgehead atoms. The Labute approximate surface area is 113 Å². The summed E-state index contributed by atoms with van der Waals surface area (Å²) in [5, 5.41) is 10.8. The average molecular weight is 271 g/mol. The van der Waals surface area contributed by atoms with Gasteiger partial charge in [0.25, 0.3) is 0 Å². The summed E-state index contributed by atoms with van der Waals surface area (Å²) in [7, 11) is 1.62. The summed E-state index contributed by atoms with van der Waals surface area (Å²) in [6.45, 7) is 0.817. The minimum atomic E-state index is -0.416. The summed E-state index contributed by atoms with van der Waals surface area (Å²) >= 11 is 5.97. The summed E-state index contributed by atoms with van der Waals surface area (Å²) in [5.74, 6) is 0.769. The molecule has 1 aliphatic rings. The van der Waals surface area contributed by atoms with Gasteiger partial charge < -0.3 is 14.6 Å². The number of methoxy groups -OCH3 is 1. The third kappa shape index (κ3) is 3.61. The summed E-state index contributed by atoms with van der Waals surface area (Å²) in [6.07, 6.45) is 3.14. The van der Waals surface area contributed by atoms with Crippen molar-refractivity contribution in [1.82, 2.24) is 0 Å². The highest BCUT2D eigenvalue weighted by Crippen LogP contribution is 2.26. The fourth-order valence-corrected chi connectivity index (χ4v) is 2.57. The van der Waals surface area contributed by atoms with Crippen LogP contribution in [0.5, 0.6) is 5.75 Å². The van der Waals surface area contributed by atoms with Crippen LogP contribution >= 0.6 is 11.6 Å². The number of aliphatic hydroxyl groups is 1. The number of hydrogen-bond acceptors (Lipinski definition) is 3. The first-order valence-electron chi connectivity index (χ1n) is 6.31. The molecule has 1 aliphatic heterocycles. The Morgan fingerprint density at radius 1 is 1.56 bits per heavy atom. The SMILES string of the molecule is COc1ccc(Cl)cc1CC(O)CC1CCCO1. The van der Waals surface area contributed by atoms with E-state index in [4.69, 9.17) is 21.1 Å². The fourth-order valence-electron chi connectivity index (χ4n) is 2.38. The molecule has 1 heterocycles. The molecule has 4 heteroatoms. The highest BCUT2D eigenvalue weighted by atomic mass is 35.5. The van der Waals surface area contributed by atoms with E-state index in [1.807, 2.05) is 12.1 Å². The van der Waals surface area contributed by atoms with E-state index in [0.29, 0.717) is 17.9 Å². The van der Waals surface area contributed by atoms with Gasteiger partial charge in [-0.3, -0.25) is 0 Å². The van der Waals surface area contributed by atoms with E-state index in [2.05, 4.69) is 0 Å². The summed E-state index contributed by atoms with van der Waals surface area (Å²) in [4.78, 5) is 0. The van der Waals surface area contributed by atoms with Crippen LogP contribution in [0.3, 0.4) is 0 Å². The summed E-state index contributed by atoms with van der Waals surface area (Å²) in [5.41, 5.74) is 0.940. The van der Waals surface area contributed by atoms with Crippen molar-refractivity contribution >= 4 is 11.6 Å². The Hall–Kier alpha value is -0.770. The van der Waals surface area contributed by atoms with Crippen molar-refractivity contribution in [2.24, 2.45) is 0 Å². The largest absolute Gasteiger partial charge is 0.496 e. The van der Waals surface area contributed by atoms with Crippen LogP contribution in [0.15, 0.2) is 18.2 Å². The average Bonchev–Trinajstić information content (AvgIpc) is 2.82. The van der Waals surface area contributed by atoms with Crippen LogP contribution in [0.4, 0.5) is 0 Å². The molecule has 1 fully saturated rings. The first kappa shape index (κ1) is 13.7. The van der Waals surface area contributed by atoms with Gasteiger partial charge in [0.15, 0.2) is 0 Å². The molecule has 1 aromatic carbocycles. The van der Waals surface area contributed by atoms with Crippen molar-refractivity contribution in [2.45, 2.75) is 37.9 Å². The van der Waals surface area contributed by atoms with Gasteiger partial charge in [0.1, 0.15) is 5.75 Å². The predicted octanol–water partition coefficient (Wildman–Crippen LogP) is 2.82. The van der Waals surface area contributed by atoms with Crippen LogP contribution in [0.2, 0.25) is 5.02 Å². The summed E-state index contributed by atoms with van der Waals surface area (Å²) < 4.78 is 10.8. The van der Waals surface area contributed by atoms with E-state index in [1.54, 1.807) is 13.2 Å². The number of halogens is 1. The standard InChI is InChI=1S/C14H19ClO3/c1-17-14-5-4-11(15)7-10(14)8-12(16)9-13-3-2-6-18-13/h4-5,7,12-13,16H,2-3,6,8-9H2,1H3. The molecule has 1 aromatic rings. The Morgan fingerprint density at radius 2 is 2.39 bits per heavy atom. The Morgan fingerprint density at radius 3 is 3.06 bits per heavy atom. The van der Waals surface area contributed by atoms with E-state index >= 15 is 0 Å². The minimum Gasteiger partial charge on any atom is -0.496 e. The van der Waals surface area contributed by atoms with E-state index < -0.39 is 6.10 Å². The summed E-state index contributed by atoms with van der Waals surface area (Å²) in [6, 6.07) is 5.46. The predicted molar refractivity (Wildman–Crippen MR) is 71.3 cm³/mol. The molecule has 2 unspecified atom stereocenters. The second kappa shape index (κ2) is 6.41. The van der Waals surface area contributed by atoms with Crippen molar-refractivity contribution in [3.8, 4) is 5.75 Å². The fraction of sp³-hybridized carbons (Fsp3) is 0.571. The molecular formula is C14H19ClO3. The van der Waals surface area contributed by atoms with Gasteiger partial charge in [0.2, 0.25) is 0 Å². The van der Waals surface area contributed by atoms with E-state index in [1.165, 1.54) is 0 Å². The molecule has 2 rings (SSSR count). The molecule has 0 amide bonds. The number of hydrogen-bond donors (Lipinski definition) is 1.